The summed E-state index contributed by atoms with van der Waals surface area (Å²) < 4.78 is 38.4. The molecule has 0 radical (unpaired) electrons. The van der Waals surface area contributed by atoms with Gasteiger partial charge in [-0.2, -0.15) is 0 Å². The fourth-order valence-electron chi connectivity index (χ4n) is 4.71. The molecule has 0 saturated carbocycles. The third kappa shape index (κ3) is 4.97. The first-order valence-corrected chi connectivity index (χ1v) is 11.2. The molecular formula is C25H26F2N2O6. The number of carbonyl (C=O) groups is 3. The minimum atomic E-state index is -3.42. The summed E-state index contributed by atoms with van der Waals surface area (Å²) in [6.07, 6.45) is -1.64. The van der Waals surface area contributed by atoms with Crippen LogP contribution in [-0.2, 0) is 19.1 Å². The van der Waals surface area contributed by atoms with Crippen molar-refractivity contribution in [3.63, 3.8) is 0 Å². The summed E-state index contributed by atoms with van der Waals surface area (Å²) in [6.45, 7) is -1.19. The number of hydrogen-bond acceptors (Lipinski definition) is 5. The van der Waals surface area contributed by atoms with Gasteiger partial charge in [-0.25, -0.2) is 13.6 Å². The van der Waals surface area contributed by atoms with Crippen molar-refractivity contribution in [1.82, 2.24) is 10.2 Å². The lowest BCUT2D eigenvalue weighted by Crippen LogP contribution is -2.57. The Morgan fingerprint density at radius 3 is 2.29 bits per heavy atom. The number of ether oxygens (including phenoxy) is 2. The first-order valence-electron chi connectivity index (χ1n) is 11.2. The zero-order valence-corrected chi connectivity index (χ0v) is 19.1. The fraction of sp³-hybridized carbons (Fsp3) is 0.400. The van der Waals surface area contributed by atoms with Crippen molar-refractivity contribution in [3.8, 4) is 11.1 Å². The predicted octanol–water partition coefficient (Wildman–Crippen LogP) is 3.11. The standard InChI is InChI=1S/C25H26F2N2O6/c1-34-14-21(22(30)29-11-10-25(26,27)20(12-29)23(31)32)28-24(33)35-13-19-17-8-4-2-6-15(17)16-7-3-5-9-18(16)19/h2-9,19-21H,10-14H2,1H3,(H,28,33)(H,31,32)/t20?,21-/m0/s1. The van der Waals surface area contributed by atoms with Crippen molar-refractivity contribution in [2.45, 2.75) is 24.3 Å². The second-order valence-electron chi connectivity index (χ2n) is 8.66. The molecule has 186 valence electrons. The van der Waals surface area contributed by atoms with E-state index in [1.807, 2.05) is 48.5 Å². The van der Waals surface area contributed by atoms with Gasteiger partial charge in [0.15, 0.2) is 0 Å². The number of aliphatic carboxylic acids is 1. The van der Waals surface area contributed by atoms with E-state index in [1.165, 1.54) is 7.11 Å². The molecule has 0 aromatic heterocycles. The van der Waals surface area contributed by atoms with E-state index in [0.29, 0.717) is 0 Å². The van der Waals surface area contributed by atoms with Crippen molar-refractivity contribution in [2.75, 3.05) is 33.4 Å². The molecule has 1 aliphatic carbocycles. The summed E-state index contributed by atoms with van der Waals surface area (Å²) in [5.41, 5.74) is 4.19. The number of nitrogens with zero attached hydrogens (tertiary/aromatic N) is 1. The van der Waals surface area contributed by atoms with Crippen LogP contribution in [0.25, 0.3) is 11.1 Å². The second-order valence-corrected chi connectivity index (χ2v) is 8.66. The van der Waals surface area contributed by atoms with Crippen LogP contribution in [0.4, 0.5) is 13.6 Å². The number of alkyl carbamates (subject to hydrolysis) is 1. The number of carbonyl (C=O) groups excluding carboxylic acids is 2. The van der Waals surface area contributed by atoms with Crippen LogP contribution in [0.5, 0.6) is 0 Å². The number of nitrogens with one attached hydrogen (secondary N) is 1. The predicted molar refractivity (Wildman–Crippen MR) is 121 cm³/mol. The third-order valence-electron chi connectivity index (χ3n) is 6.50. The number of benzene rings is 2. The van der Waals surface area contributed by atoms with Crippen LogP contribution >= 0.6 is 0 Å². The molecule has 10 heteroatoms. The van der Waals surface area contributed by atoms with Crippen LogP contribution < -0.4 is 5.32 Å². The summed E-state index contributed by atoms with van der Waals surface area (Å²) >= 11 is 0. The van der Waals surface area contributed by atoms with Gasteiger partial charge in [0.2, 0.25) is 5.91 Å². The first kappa shape index (κ1) is 24.6. The van der Waals surface area contributed by atoms with Gasteiger partial charge in [0, 0.05) is 32.5 Å². The van der Waals surface area contributed by atoms with E-state index in [1.54, 1.807) is 0 Å². The Kier molecular flexibility index (Phi) is 7.02. The SMILES string of the molecule is COC[C@H](NC(=O)OCC1c2ccccc2-c2ccccc21)C(=O)N1CCC(F)(F)C(C(=O)O)C1. The Hall–Kier alpha value is -3.53. The normalized spacial score (nSPS) is 19.4. The molecule has 2 atom stereocenters. The minimum absolute atomic E-state index is 0.0325. The Morgan fingerprint density at radius 1 is 1.11 bits per heavy atom. The molecule has 2 N–H and O–H groups in total. The highest BCUT2D eigenvalue weighted by Gasteiger charge is 2.50. The fourth-order valence-corrected chi connectivity index (χ4v) is 4.71. The summed E-state index contributed by atoms with van der Waals surface area (Å²) in [5.74, 6) is -8.00. The molecule has 2 amide bonds. The largest absolute Gasteiger partial charge is 0.481 e. The van der Waals surface area contributed by atoms with Crippen LogP contribution in [0.1, 0.15) is 23.5 Å². The van der Waals surface area contributed by atoms with E-state index in [0.717, 1.165) is 27.2 Å². The Balaban J connectivity index is 1.41. The van der Waals surface area contributed by atoms with Crippen molar-refractivity contribution in [1.29, 1.82) is 0 Å². The third-order valence-corrected chi connectivity index (χ3v) is 6.50. The van der Waals surface area contributed by atoms with Gasteiger partial charge in [0.1, 0.15) is 18.6 Å². The highest BCUT2D eigenvalue weighted by atomic mass is 19.3. The number of hydrogen-bond donors (Lipinski definition) is 2. The molecule has 1 unspecified atom stereocenters. The van der Waals surface area contributed by atoms with Crippen molar-refractivity contribution < 1.29 is 37.7 Å². The van der Waals surface area contributed by atoms with E-state index in [4.69, 9.17) is 14.6 Å². The summed E-state index contributed by atoms with van der Waals surface area (Å²) in [7, 11) is 1.32. The van der Waals surface area contributed by atoms with Gasteiger partial charge < -0.3 is 24.8 Å². The number of halogens is 2. The summed E-state index contributed by atoms with van der Waals surface area (Å²) in [5, 5.41) is 11.6. The van der Waals surface area contributed by atoms with Gasteiger partial charge in [-0.15, -0.1) is 0 Å². The number of alkyl halides is 2. The van der Waals surface area contributed by atoms with Gasteiger partial charge in [0.05, 0.1) is 6.61 Å². The average Bonchev–Trinajstić information content (AvgIpc) is 3.15. The molecule has 1 aliphatic heterocycles. The van der Waals surface area contributed by atoms with Gasteiger partial charge in [-0.05, 0) is 22.3 Å². The van der Waals surface area contributed by atoms with Gasteiger partial charge in [-0.3, -0.25) is 9.59 Å². The smallest absolute Gasteiger partial charge is 0.407 e. The molecule has 0 bridgehead atoms. The van der Waals surface area contributed by atoms with Crippen molar-refractivity contribution in [3.05, 3.63) is 59.7 Å². The summed E-state index contributed by atoms with van der Waals surface area (Å²) in [4.78, 5) is 37.8. The molecule has 35 heavy (non-hydrogen) atoms. The molecule has 1 saturated heterocycles. The lowest BCUT2D eigenvalue weighted by Gasteiger charge is -2.37. The Bertz CT molecular complexity index is 1080. The highest BCUT2D eigenvalue weighted by Crippen LogP contribution is 2.44. The highest BCUT2D eigenvalue weighted by molar-refractivity contribution is 5.87. The Morgan fingerprint density at radius 2 is 1.71 bits per heavy atom. The zero-order valence-electron chi connectivity index (χ0n) is 19.1. The van der Waals surface area contributed by atoms with Crippen LogP contribution in [0.2, 0.25) is 0 Å². The lowest BCUT2D eigenvalue weighted by molar-refractivity contribution is -0.170. The van der Waals surface area contributed by atoms with E-state index < -0.39 is 48.8 Å². The molecule has 2 aromatic rings. The first-order chi connectivity index (χ1) is 16.7. The minimum Gasteiger partial charge on any atom is -0.481 e. The lowest BCUT2D eigenvalue weighted by atomic mass is 9.93. The van der Waals surface area contributed by atoms with Crippen LogP contribution in [0, 0.1) is 5.92 Å². The number of likely N-dealkylation sites (tertiary alicyclic amines) is 1. The number of fused-ring (bicyclic) bond motifs is 3. The van der Waals surface area contributed by atoms with Gasteiger partial charge in [0.25, 0.3) is 5.92 Å². The second kappa shape index (κ2) is 9.99. The molecule has 8 nitrogen and oxygen atoms in total. The van der Waals surface area contributed by atoms with Crippen molar-refractivity contribution in [2.24, 2.45) is 5.92 Å². The quantitative estimate of drug-likeness (QED) is 0.621. The molecule has 1 heterocycles. The molecule has 4 rings (SSSR count). The Labute approximate surface area is 200 Å². The molecule has 1 fully saturated rings. The topological polar surface area (TPSA) is 105 Å². The van der Waals surface area contributed by atoms with Crippen LogP contribution in [-0.4, -0.2) is 73.4 Å². The van der Waals surface area contributed by atoms with E-state index in [-0.39, 0.29) is 25.7 Å². The monoisotopic (exact) mass is 488 g/mol. The number of rotatable bonds is 7. The number of methoxy groups -OCH3 is 1. The molecule has 0 spiro atoms. The maximum atomic E-state index is 13.9. The van der Waals surface area contributed by atoms with Gasteiger partial charge >= 0.3 is 12.1 Å². The molecular weight excluding hydrogens is 462 g/mol. The van der Waals surface area contributed by atoms with E-state index >= 15 is 0 Å². The van der Waals surface area contributed by atoms with Crippen LogP contribution in [0.3, 0.4) is 0 Å². The number of carboxylic acids is 1. The van der Waals surface area contributed by atoms with Crippen molar-refractivity contribution >= 4 is 18.0 Å². The maximum absolute atomic E-state index is 13.9. The zero-order chi connectivity index (χ0) is 25.2. The maximum Gasteiger partial charge on any atom is 0.407 e. The van der Waals surface area contributed by atoms with E-state index in [9.17, 15) is 23.2 Å². The molecule has 2 aromatic carbocycles. The number of amides is 2. The average molecular weight is 488 g/mol. The van der Waals surface area contributed by atoms with Gasteiger partial charge in [-0.1, -0.05) is 48.5 Å². The number of carboxylic acid groups (broad SMARTS) is 1. The summed E-state index contributed by atoms with van der Waals surface area (Å²) in [6, 6.07) is 14.5. The molecule has 2 aliphatic rings. The van der Waals surface area contributed by atoms with Crippen LogP contribution in [0.15, 0.2) is 48.5 Å². The van der Waals surface area contributed by atoms with E-state index in [2.05, 4.69) is 5.32 Å². The number of piperidine rings is 1.